The molecular formula is C17H25N3. The lowest BCUT2D eigenvalue weighted by Crippen LogP contribution is -2.31. The molecule has 1 saturated carbocycles. The second-order valence-electron chi connectivity index (χ2n) is 6.06. The van der Waals surface area contributed by atoms with Crippen LogP contribution in [-0.2, 0) is 13.1 Å². The highest BCUT2D eigenvalue weighted by molar-refractivity contribution is 5.75. The number of nitrogens with zero attached hydrogens (tertiary/aromatic N) is 2. The van der Waals surface area contributed by atoms with E-state index in [9.17, 15) is 0 Å². The third-order valence-electron chi connectivity index (χ3n) is 4.56. The van der Waals surface area contributed by atoms with Gasteiger partial charge in [0.05, 0.1) is 17.6 Å². The van der Waals surface area contributed by atoms with E-state index in [4.69, 9.17) is 4.98 Å². The number of aryl methyl sites for hydroxylation is 1. The average Bonchev–Trinajstić information content (AvgIpc) is 3.02. The maximum Gasteiger partial charge on any atom is 0.123 e. The first-order valence-corrected chi connectivity index (χ1v) is 7.97. The van der Waals surface area contributed by atoms with E-state index < -0.39 is 0 Å². The summed E-state index contributed by atoms with van der Waals surface area (Å²) in [5.41, 5.74) is 2.39. The Labute approximate surface area is 121 Å². The van der Waals surface area contributed by atoms with Gasteiger partial charge in [0, 0.05) is 12.6 Å². The predicted octanol–water partition coefficient (Wildman–Crippen LogP) is 3.72. The van der Waals surface area contributed by atoms with E-state index in [2.05, 4.69) is 48.0 Å². The number of aromatic nitrogens is 2. The van der Waals surface area contributed by atoms with Crippen molar-refractivity contribution >= 4 is 11.0 Å². The predicted molar refractivity (Wildman–Crippen MR) is 83.7 cm³/mol. The molecule has 1 aliphatic carbocycles. The van der Waals surface area contributed by atoms with Crippen LogP contribution in [0.5, 0.6) is 0 Å². The maximum atomic E-state index is 4.82. The number of hydrogen-bond acceptors (Lipinski definition) is 2. The Balaban J connectivity index is 1.81. The lowest BCUT2D eigenvalue weighted by atomic mass is 10.1. The highest BCUT2D eigenvalue weighted by Gasteiger charge is 2.23. The molecule has 1 fully saturated rings. The van der Waals surface area contributed by atoms with Gasteiger partial charge in [-0.05, 0) is 37.3 Å². The van der Waals surface area contributed by atoms with Gasteiger partial charge in [-0.1, -0.05) is 32.4 Å². The SMILES string of the molecule is CCCn1c(CNC2CCCC2C)nc2ccccc21. The number of nitrogens with one attached hydrogen (secondary N) is 1. The summed E-state index contributed by atoms with van der Waals surface area (Å²) in [4.78, 5) is 4.82. The molecule has 2 aromatic rings. The van der Waals surface area contributed by atoms with Crippen molar-refractivity contribution in [3.8, 4) is 0 Å². The first-order valence-electron chi connectivity index (χ1n) is 7.97. The van der Waals surface area contributed by atoms with Gasteiger partial charge in [0.2, 0.25) is 0 Å². The molecule has 0 bridgehead atoms. The van der Waals surface area contributed by atoms with Crippen LogP contribution in [0.3, 0.4) is 0 Å². The summed E-state index contributed by atoms with van der Waals surface area (Å²) >= 11 is 0. The van der Waals surface area contributed by atoms with Crippen molar-refractivity contribution < 1.29 is 0 Å². The van der Waals surface area contributed by atoms with Crippen LogP contribution in [0, 0.1) is 5.92 Å². The van der Waals surface area contributed by atoms with Gasteiger partial charge >= 0.3 is 0 Å². The molecule has 0 amide bonds. The smallest absolute Gasteiger partial charge is 0.123 e. The minimum Gasteiger partial charge on any atom is -0.327 e. The van der Waals surface area contributed by atoms with Crippen molar-refractivity contribution in [2.45, 2.75) is 58.7 Å². The van der Waals surface area contributed by atoms with Gasteiger partial charge in [0.1, 0.15) is 5.82 Å². The zero-order valence-corrected chi connectivity index (χ0v) is 12.6. The van der Waals surface area contributed by atoms with E-state index in [-0.39, 0.29) is 0 Å². The molecule has 1 aromatic carbocycles. The summed E-state index contributed by atoms with van der Waals surface area (Å²) < 4.78 is 2.38. The number of fused-ring (bicyclic) bond motifs is 1. The zero-order chi connectivity index (χ0) is 13.9. The molecule has 1 aromatic heterocycles. The minimum absolute atomic E-state index is 0.671. The minimum atomic E-state index is 0.671. The molecule has 2 unspecified atom stereocenters. The summed E-state index contributed by atoms with van der Waals surface area (Å²) in [5, 5.41) is 3.72. The molecule has 0 saturated heterocycles. The van der Waals surface area contributed by atoms with E-state index in [0.717, 1.165) is 30.9 Å². The Morgan fingerprint density at radius 1 is 1.30 bits per heavy atom. The van der Waals surface area contributed by atoms with Gasteiger partial charge < -0.3 is 9.88 Å². The number of para-hydroxylation sites is 2. The fraction of sp³-hybridized carbons (Fsp3) is 0.588. The average molecular weight is 271 g/mol. The monoisotopic (exact) mass is 271 g/mol. The molecule has 0 spiro atoms. The van der Waals surface area contributed by atoms with Crippen LogP contribution in [0.25, 0.3) is 11.0 Å². The topological polar surface area (TPSA) is 29.9 Å². The van der Waals surface area contributed by atoms with Crippen molar-refractivity contribution in [1.29, 1.82) is 0 Å². The molecule has 1 N–H and O–H groups in total. The maximum absolute atomic E-state index is 4.82. The Morgan fingerprint density at radius 3 is 2.90 bits per heavy atom. The van der Waals surface area contributed by atoms with Gasteiger partial charge in [-0.3, -0.25) is 0 Å². The summed E-state index contributed by atoms with van der Waals surface area (Å²) in [5.74, 6) is 1.99. The normalized spacial score (nSPS) is 22.7. The van der Waals surface area contributed by atoms with Crippen LogP contribution in [-0.4, -0.2) is 15.6 Å². The Morgan fingerprint density at radius 2 is 2.15 bits per heavy atom. The highest BCUT2D eigenvalue weighted by atomic mass is 15.1. The number of benzene rings is 1. The third kappa shape index (κ3) is 2.59. The van der Waals surface area contributed by atoms with E-state index >= 15 is 0 Å². The molecule has 1 heterocycles. The van der Waals surface area contributed by atoms with Crippen molar-refractivity contribution in [1.82, 2.24) is 14.9 Å². The van der Waals surface area contributed by atoms with E-state index in [1.807, 2.05) is 0 Å². The fourth-order valence-corrected chi connectivity index (χ4v) is 3.40. The molecule has 20 heavy (non-hydrogen) atoms. The first-order chi connectivity index (χ1) is 9.79. The second-order valence-corrected chi connectivity index (χ2v) is 6.06. The standard InChI is InChI=1S/C17H25N3/c1-3-11-20-16-10-5-4-8-15(16)19-17(20)12-18-14-9-6-7-13(14)2/h4-5,8,10,13-14,18H,3,6-7,9,11-12H2,1-2H3. The van der Waals surface area contributed by atoms with Crippen molar-refractivity contribution in [3.63, 3.8) is 0 Å². The van der Waals surface area contributed by atoms with Crippen LogP contribution in [0.2, 0.25) is 0 Å². The molecular weight excluding hydrogens is 246 g/mol. The van der Waals surface area contributed by atoms with E-state index in [1.165, 1.54) is 30.6 Å². The number of rotatable bonds is 5. The van der Waals surface area contributed by atoms with Crippen LogP contribution in [0.4, 0.5) is 0 Å². The largest absolute Gasteiger partial charge is 0.327 e. The second kappa shape index (κ2) is 5.96. The van der Waals surface area contributed by atoms with Crippen LogP contribution in [0.1, 0.15) is 45.4 Å². The Hall–Kier alpha value is -1.35. The number of imidazole rings is 1. The van der Waals surface area contributed by atoms with Crippen LogP contribution in [0.15, 0.2) is 24.3 Å². The first kappa shape index (κ1) is 13.6. The fourth-order valence-electron chi connectivity index (χ4n) is 3.40. The number of hydrogen-bond donors (Lipinski definition) is 1. The van der Waals surface area contributed by atoms with Crippen molar-refractivity contribution in [2.75, 3.05) is 0 Å². The Bertz CT molecular complexity index is 573. The molecule has 0 radical (unpaired) electrons. The molecule has 0 aliphatic heterocycles. The van der Waals surface area contributed by atoms with Gasteiger partial charge in [-0.15, -0.1) is 0 Å². The summed E-state index contributed by atoms with van der Waals surface area (Å²) in [6.45, 7) is 6.53. The summed E-state index contributed by atoms with van der Waals surface area (Å²) in [7, 11) is 0. The molecule has 108 valence electrons. The van der Waals surface area contributed by atoms with E-state index in [0.29, 0.717) is 6.04 Å². The molecule has 3 nitrogen and oxygen atoms in total. The zero-order valence-electron chi connectivity index (χ0n) is 12.6. The molecule has 3 heteroatoms. The van der Waals surface area contributed by atoms with Crippen molar-refractivity contribution in [3.05, 3.63) is 30.1 Å². The quantitative estimate of drug-likeness (QED) is 0.898. The van der Waals surface area contributed by atoms with Crippen LogP contribution < -0.4 is 5.32 Å². The van der Waals surface area contributed by atoms with Crippen molar-refractivity contribution in [2.24, 2.45) is 5.92 Å². The molecule has 3 rings (SSSR count). The van der Waals surface area contributed by atoms with Gasteiger partial charge in [0.25, 0.3) is 0 Å². The lowest BCUT2D eigenvalue weighted by Gasteiger charge is -2.17. The molecule has 2 atom stereocenters. The Kier molecular flexibility index (Phi) is 4.06. The van der Waals surface area contributed by atoms with E-state index in [1.54, 1.807) is 0 Å². The molecule has 1 aliphatic rings. The summed E-state index contributed by atoms with van der Waals surface area (Å²) in [6.07, 6.45) is 5.19. The van der Waals surface area contributed by atoms with Crippen LogP contribution >= 0.6 is 0 Å². The van der Waals surface area contributed by atoms with Gasteiger partial charge in [0.15, 0.2) is 0 Å². The third-order valence-corrected chi connectivity index (χ3v) is 4.56. The van der Waals surface area contributed by atoms with Gasteiger partial charge in [-0.25, -0.2) is 4.98 Å². The lowest BCUT2D eigenvalue weighted by molar-refractivity contribution is 0.416. The van der Waals surface area contributed by atoms with Gasteiger partial charge in [-0.2, -0.15) is 0 Å². The summed E-state index contributed by atoms with van der Waals surface area (Å²) in [6, 6.07) is 9.14. The highest BCUT2D eigenvalue weighted by Crippen LogP contribution is 2.25.